The first kappa shape index (κ1) is 12.7. The van der Waals surface area contributed by atoms with Crippen LogP contribution in [0.4, 0.5) is 0 Å². The Labute approximate surface area is 118 Å². The van der Waals surface area contributed by atoms with Crippen LogP contribution in [0.25, 0.3) is 0 Å². The third kappa shape index (κ3) is 3.13. The SMILES string of the molecule is CSC1CCC(NC(=O)c2csc(I)c2)C1. The van der Waals surface area contributed by atoms with E-state index in [9.17, 15) is 4.79 Å². The second-order valence-electron chi connectivity index (χ2n) is 3.98. The van der Waals surface area contributed by atoms with Gasteiger partial charge in [0.05, 0.1) is 8.45 Å². The van der Waals surface area contributed by atoms with Crippen LogP contribution < -0.4 is 5.32 Å². The Balaban J connectivity index is 1.89. The minimum absolute atomic E-state index is 0.0888. The number of carbonyl (C=O) groups is 1. The van der Waals surface area contributed by atoms with E-state index in [-0.39, 0.29) is 5.91 Å². The Morgan fingerprint density at radius 2 is 2.44 bits per heavy atom. The number of hydrogen-bond donors (Lipinski definition) is 1. The predicted octanol–water partition coefficient (Wildman–Crippen LogP) is 3.37. The zero-order valence-corrected chi connectivity index (χ0v) is 12.8. The molecule has 16 heavy (non-hydrogen) atoms. The number of carbonyl (C=O) groups excluding carboxylic acids is 1. The molecule has 0 bridgehead atoms. The third-order valence-electron chi connectivity index (χ3n) is 2.88. The molecule has 1 aromatic rings. The van der Waals surface area contributed by atoms with Crippen molar-refractivity contribution in [1.29, 1.82) is 0 Å². The van der Waals surface area contributed by atoms with Gasteiger partial charge in [-0.25, -0.2) is 0 Å². The van der Waals surface area contributed by atoms with Gasteiger partial charge < -0.3 is 5.32 Å². The van der Waals surface area contributed by atoms with Gasteiger partial charge in [0.25, 0.3) is 5.91 Å². The van der Waals surface area contributed by atoms with E-state index in [1.165, 1.54) is 6.42 Å². The van der Waals surface area contributed by atoms with Crippen LogP contribution in [0.3, 0.4) is 0 Å². The number of rotatable bonds is 3. The molecule has 0 saturated heterocycles. The topological polar surface area (TPSA) is 29.1 Å². The summed E-state index contributed by atoms with van der Waals surface area (Å²) in [5.74, 6) is 0.0888. The molecule has 1 aliphatic rings. The van der Waals surface area contributed by atoms with Crippen LogP contribution in [0.5, 0.6) is 0 Å². The lowest BCUT2D eigenvalue weighted by Gasteiger charge is -2.11. The Morgan fingerprint density at radius 3 is 3.00 bits per heavy atom. The van der Waals surface area contributed by atoms with Crippen LogP contribution in [0, 0.1) is 2.88 Å². The van der Waals surface area contributed by atoms with Crippen molar-refractivity contribution in [1.82, 2.24) is 5.32 Å². The summed E-state index contributed by atoms with van der Waals surface area (Å²) in [6.07, 6.45) is 5.62. The minimum Gasteiger partial charge on any atom is -0.349 e. The maximum Gasteiger partial charge on any atom is 0.252 e. The van der Waals surface area contributed by atoms with Crippen LogP contribution in [-0.4, -0.2) is 23.5 Å². The fraction of sp³-hybridized carbons (Fsp3) is 0.545. The molecule has 0 spiro atoms. The highest BCUT2D eigenvalue weighted by Gasteiger charge is 2.25. The van der Waals surface area contributed by atoms with Crippen molar-refractivity contribution < 1.29 is 4.79 Å². The molecule has 1 fully saturated rings. The van der Waals surface area contributed by atoms with Crippen molar-refractivity contribution in [2.75, 3.05) is 6.26 Å². The average Bonchev–Trinajstić information content (AvgIpc) is 2.87. The van der Waals surface area contributed by atoms with Crippen LogP contribution in [0.2, 0.25) is 0 Å². The Kier molecular flexibility index (Phi) is 4.55. The third-order valence-corrected chi connectivity index (χ3v) is 5.77. The smallest absolute Gasteiger partial charge is 0.252 e. The summed E-state index contributed by atoms with van der Waals surface area (Å²) >= 11 is 5.77. The van der Waals surface area contributed by atoms with Crippen LogP contribution in [0.15, 0.2) is 11.4 Å². The summed E-state index contributed by atoms with van der Waals surface area (Å²) < 4.78 is 1.16. The van der Waals surface area contributed by atoms with Crippen molar-refractivity contribution >= 4 is 51.6 Å². The summed E-state index contributed by atoms with van der Waals surface area (Å²) in [6, 6.07) is 2.32. The first-order valence-corrected chi connectivity index (χ1v) is 8.51. The maximum absolute atomic E-state index is 11.9. The van der Waals surface area contributed by atoms with Gasteiger partial charge in [-0.1, -0.05) is 0 Å². The first-order chi connectivity index (χ1) is 7.69. The molecular formula is C11H14INOS2. The van der Waals surface area contributed by atoms with E-state index in [0.717, 1.165) is 26.5 Å². The molecule has 1 heterocycles. The zero-order chi connectivity index (χ0) is 11.5. The molecule has 1 aliphatic carbocycles. The summed E-state index contributed by atoms with van der Waals surface area (Å²) in [4.78, 5) is 11.9. The van der Waals surface area contributed by atoms with E-state index in [4.69, 9.17) is 0 Å². The molecule has 2 nitrogen and oxygen atoms in total. The highest BCUT2D eigenvalue weighted by Crippen LogP contribution is 2.28. The van der Waals surface area contributed by atoms with Crippen molar-refractivity contribution in [3.63, 3.8) is 0 Å². The number of halogens is 1. The summed E-state index contributed by atoms with van der Waals surface area (Å²) in [7, 11) is 0. The Bertz CT molecular complexity index is 380. The highest BCUT2D eigenvalue weighted by atomic mass is 127. The van der Waals surface area contributed by atoms with Crippen LogP contribution in [-0.2, 0) is 0 Å². The van der Waals surface area contributed by atoms with Gasteiger partial charge in [-0.2, -0.15) is 11.8 Å². The summed E-state index contributed by atoms with van der Waals surface area (Å²) in [5.41, 5.74) is 0.807. The van der Waals surface area contributed by atoms with Crippen LogP contribution >= 0.6 is 45.7 Å². The zero-order valence-electron chi connectivity index (χ0n) is 9.03. The van der Waals surface area contributed by atoms with E-state index in [0.29, 0.717) is 6.04 Å². The van der Waals surface area contributed by atoms with Gasteiger partial charge >= 0.3 is 0 Å². The van der Waals surface area contributed by atoms with Gasteiger partial charge in [0.2, 0.25) is 0 Å². The fourth-order valence-corrected chi connectivity index (χ4v) is 4.11. The molecule has 0 aromatic carbocycles. The van der Waals surface area contributed by atoms with Gasteiger partial charge in [0.1, 0.15) is 0 Å². The minimum atomic E-state index is 0.0888. The Morgan fingerprint density at radius 1 is 1.62 bits per heavy atom. The molecule has 1 saturated carbocycles. The summed E-state index contributed by atoms with van der Waals surface area (Å²) in [6.45, 7) is 0. The summed E-state index contributed by atoms with van der Waals surface area (Å²) in [5, 5.41) is 5.78. The monoisotopic (exact) mass is 367 g/mol. The quantitative estimate of drug-likeness (QED) is 0.830. The largest absolute Gasteiger partial charge is 0.349 e. The lowest BCUT2D eigenvalue weighted by atomic mass is 10.2. The van der Waals surface area contributed by atoms with E-state index in [1.54, 1.807) is 11.3 Å². The number of nitrogens with one attached hydrogen (secondary N) is 1. The van der Waals surface area contributed by atoms with Crippen molar-refractivity contribution in [3.05, 3.63) is 19.9 Å². The van der Waals surface area contributed by atoms with Gasteiger partial charge in [0, 0.05) is 16.7 Å². The standard InChI is InChI=1S/C11H14INOS2/c1-15-9-3-2-8(5-9)13-11(14)7-4-10(12)16-6-7/h4,6,8-9H,2-3,5H2,1H3,(H,13,14). The molecule has 2 unspecified atom stereocenters. The highest BCUT2D eigenvalue weighted by molar-refractivity contribution is 14.1. The number of amides is 1. The molecule has 1 aromatic heterocycles. The molecule has 88 valence electrons. The molecular weight excluding hydrogens is 353 g/mol. The molecule has 2 atom stereocenters. The normalized spacial score (nSPS) is 24.6. The van der Waals surface area contributed by atoms with E-state index in [1.807, 2.05) is 23.2 Å². The first-order valence-electron chi connectivity index (χ1n) is 5.26. The molecule has 5 heteroatoms. The second-order valence-corrected chi connectivity index (χ2v) is 7.92. The second kappa shape index (κ2) is 5.73. The van der Waals surface area contributed by atoms with Crippen LogP contribution in [0.1, 0.15) is 29.6 Å². The molecule has 0 radical (unpaired) electrons. The average molecular weight is 367 g/mol. The number of thiophene rings is 1. The van der Waals surface area contributed by atoms with Gasteiger partial charge in [-0.15, -0.1) is 11.3 Å². The number of thioether (sulfide) groups is 1. The van der Waals surface area contributed by atoms with Gasteiger partial charge in [-0.3, -0.25) is 4.79 Å². The van der Waals surface area contributed by atoms with Gasteiger partial charge in [-0.05, 0) is 54.2 Å². The molecule has 0 aliphatic heterocycles. The fourth-order valence-electron chi connectivity index (χ4n) is 1.98. The predicted molar refractivity (Wildman–Crippen MR) is 79.4 cm³/mol. The van der Waals surface area contributed by atoms with Crippen molar-refractivity contribution in [2.45, 2.75) is 30.6 Å². The van der Waals surface area contributed by atoms with Gasteiger partial charge in [0.15, 0.2) is 0 Å². The van der Waals surface area contributed by atoms with Crippen molar-refractivity contribution in [3.8, 4) is 0 Å². The Hall–Kier alpha value is 0.250. The van der Waals surface area contributed by atoms with E-state index in [2.05, 4.69) is 34.2 Å². The van der Waals surface area contributed by atoms with E-state index < -0.39 is 0 Å². The number of hydrogen-bond acceptors (Lipinski definition) is 3. The molecule has 1 amide bonds. The molecule has 2 rings (SSSR count). The lowest BCUT2D eigenvalue weighted by molar-refractivity contribution is 0.0938. The van der Waals surface area contributed by atoms with E-state index >= 15 is 0 Å². The maximum atomic E-state index is 11.9. The lowest BCUT2D eigenvalue weighted by Crippen LogP contribution is -2.32. The van der Waals surface area contributed by atoms with Crippen molar-refractivity contribution in [2.24, 2.45) is 0 Å². The molecule has 1 N–H and O–H groups in total.